The molecule has 1 saturated heterocycles. The lowest BCUT2D eigenvalue weighted by atomic mass is 9.96. The van der Waals surface area contributed by atoms with Crippen molar-refractivity contribution >= 4 is 65.0 Å². The molecule has 0 radical (unpaired) electrons. The molecule has 4 aromatic rings. The largest absolute Gasteiger partial charge is 0.452 e. The Morgan fingerprint density at radius 3 is 2.65 bits per heavy atom. The lowest BCUT2D eigenvalue weighted by Crippen LogP contribution is -2.36. The molecule has 1 N–H and O–H groups in total. The van der Waals surface area contributed by atoms with Gasteiger partial charge in [0, 0.05) is 67.0 Å². The van der Waals surface area contributed by atoms with Crippen molar-refractivity contribution < 1.29 is 9.53 Å². The van der Waals surface area contributed by atoms with Crippen LogP contribution in [-0.2, 0) is 4.79 Å². The summed E-state index contributed by atoms with van der Waals surface area (Å²) in [6, 6.07) is 11.4. The molecule has 0 bridgehead atoms. The van der Waals surface area contributed by atoms with Crippen LogP contribution in [0.3, 0.4) is 0 Å². The number of pyridine rings is 3. The van der Waals surface area contributed by atoms with Crippen LogP contribution in [0.5, 0.6) is 11.5 Å². The average Bonchev–Trinajstić information content (AvgIpc) is 3.35. The van der Waals surface area contributed by atoms with E-state index in [1.165, 1.54) is 23.3 Å². The molecule has 5 rings (SSSR count). The van der Waals surface area contributed by atoms with E-state index in [0.717, 1.165) is 41.7 Å². The number of hydrogen-bond acceptors (Lipinski definition) is 10. The smallest absolute Gasteiger partial charge is 0.219 e. The lowest BCUT2D eigenvalue weighted by molar-refractivity contribution is -0.129. The Balaban J connectivity index is 0.00000190. The van der Waals surface area contributed by atoms with Crippen LogP contribution in [-0.4, -0.2) is 48.2 Å². The van der Waals surface area contributed by atoms with Gasteiger partial charge in [-0.1, -0.05) is 17.8 Å². The second-order valence-electron chi connectivity index (χ2n) is 7.94. The number of halogens is 2. The maximum atomic E-state index is 11.6. The third-order valence-electron chi connectivity index (χ3n) is 5.52. The summed E-state index contributed by atoms with van der Waals surface area (Å²) in [5.41, 5.74) is 0. The van der Waals surface area contributed by atoms with E-state index in [9.17, 15) is 4.79 Å². The highest BCUT2D eigenvalue weighted by Crippen LogP contribution is 2.36. The Kier molecular flexibility index (Phi) is 10.4. The Bertz CT molecular complexity index is 1290. The number of rotatable bonds is 7. The number of nitrogens with zero attached hydrogens (tertiary/aromatic N) is 6. The first kappa shape index (κ1) is 28.6. The highest BCUT2D eigenvalue weighted by molar-refractivity contribution is 7.99. The van der Waals surface area contributed by atoms with Gasteiger partial charge in [0.1, 0.15) is 16.6 Å². The van der Waals surface area contributed by atoms with Gasteiger partial charge in [0.05, 0.1) is 6.20 Å². The van der Waals surface area contributed by atoms with Crippen molar-refractivity contribution in [3.05, 3.63) is 67.0 Å². The van der Waals surface area contributed by atoms with Gasteiger partial charge < -0.3 is 15.0 Å². The maximum absolute atomic E-state index is 11.6. The number of piperidine rings is 1. The van der Waals surface area contributed by atoms with E-state index in [-0.39, 0.29) is 36.6 Å². The number of hydrogen-bond donors (Lipinski definition) is 1. The zero-order valence-electron chi connectivity index (χ0n) is 19.8. The van der Waals surface area contributed by atoms with Crippen LogP contribution in [0.1, 0.15) is 31.5 Å². The SMILES string of the molecule is CC(=O)N1CCC(c2nsc(Nc3ncc(Sc4ccccn4)cc3Oc3cccnc3)n2)CC1.Cl.Cl. The van der Waals surface area contributed by atoms with Crippen LogP contribution < -0.4 is 10.1 Å². The van der Waals surface area contributed by atoms with E-state index < -0.39 is 0 Å². The van der Waals surface area contributed by atoms with Gasteiger partial charge in [0.25, 0.3) is 0 Å². The molecule has 5 heterocycles. The number of anilines is 2. The molecule has 1 aliphatic heterocycles. The van der Waals surface area contributed by atoms with Gasteiger partial charge in [0.2, 0.25) is 11.0 Å². The van der Waals surface area contributed by atoms with Crippen LogP contribution in [0.15, 0.2) is 71.1 Å². The first-order chi connectivity index (χ1) is 17.1. The van der Waals surface area contributed by atoms with Crippen LogP contribution in [0, 0.1) is 0 Å². The number of nitrogens with one attached hydrogen (secondary N) is 1. The van der Waals surface area contributed by atoms with Gasteiger partial charge in [-0.3, -0.25) is 9.78 Å². The first-order valence-corrected chi connectivity index (χ1v) is 12.8. The molecule has 4 aromatic heterocycles. The summed E-state index contributed by atoms with van der Waals surface area (Å²) in [7, 11) is 0. The number of aromatic nitrogens is 5. The minimum Gasteiger partial charge on any atom is -0.452 e. The third-order valence-corrected chi connectivity index (χ3v) is 7.08. The summed E-state index contributed by atoms with van der Waals surface area (Å²) >= 11 is 2.79. The Hall–Kier alpha value is -2.99. The Labute approximate surface area is 235 Å². The van der Waals surface area contributed by atoms with E-state index in [4.69, 9.17) is 9.72 Å². The standard InChI is InChI=1S/C24H23N7O2S2.2ClH/c1-16(32)31-11-7-17(8-12-31)22-28-24(35-30-22)29-23-20(33-18-5-4-9-25-14-18)13-19(15-27-23)34-21-6-2-3-10-26-21;;/h2-6,9-10,13-15,17H,7-8,11-12H2,1H3,(H,27,28,29,30);2*1H. The quantitative estimate of drug-likeness (QED) is 0.284. The Morgan fingerprint density at radius 2 is 1.95 bits per heavy atom. The van der Waals surface area contributed by atoms with Crippen molar-refractivity contribution in [2.75, 3.05) is 18.4 Å². The molecule has 37 heavy (non-hydrogen) atoms. The molecule has 1 aliphatic rings. The molecule has 9 nitrogen and oxygen atoms in total. The van der Waals surface area contributed by atoms with Crippen molar-refractivity contribution in [2.45, 2.75) is 35.6 Å². The molecule has 0 saturated carbocycles. The summed E-state index contributed by atoms with van der Waals surface area (Å²) in [5.74, 6) is 2.85. The minimum atomic E-state index is 0. The maximum Gasteiger partial charge on any atom is 0.219 e. The fraction of sp³-hybridized carbons (Fsp3) is 0.250. The monoisotopic (exact) mass is 577 g/mol. The minimum absolute atomic E-state index is 0. The summed E-state index contributed by atoms with van der Waals surface area (Å²) in [5, 5.41) is 4.78. The van der Waals surface area contributed by atoms with Crippen molar-refractivity contribution in [1.29, 1.82) is 0 Å². The summed E-state index contributed by atoms with van der Waals surface area (Å²) < 4.78 is 10.7. The van der Waals surface area contributed by atoms with Crippen LogP contribution >= 0.6 is 48.1 Å². The first-order valence-electron chi connectivity index (χ1n) is 11.2. The molecule has 0 unspecified atom stereocenters. The molecule has 13 heteroatoms. The molecule has 1 fully saturated rings. The van der Waals surface area contributed by atoms with E-state index in [1.807, 2.05) is 41.3 Å². The number of ether oxygens (including phenoxy) is 1. The van der Waals surface area contributed by atoms with Gasteiger partial charge in [-0.05, 0) is 37.1 Å². The van der Waals surface area contributed by atoms with Gasteiger partial charge in [-0.2, -0.15) is 4.37 Å². The molecule has 0 atom stereocenters. The fourth-order valence-corrected chi connectivity index (χ4v) is 5.14. The third kappa shape index (κ3) is 7.51. The highest BCUT2D eigenvalue weighted by atomic mass is 35.5. The number of carbonyl (C=O) groups is 1. The van der Waals surface area contributed by atoms with Gasteiger partial charge in [0.15, 0.2) is 11.6 Å². The van der Waals surface area contributed by atoms with Crippen LogP contribution in [0.25, 0.3) is 0 Å². The molecule has 194 valence electrons. The highest BCUT2D eigenvalue weighted by Gasteiger charge is 2.25. The number of likely N-dealkylation sites (tertiary alicyclic amines) is 1. The van der Waals surface area contributed by atoms with Gasteiger partial charge >= 0.3 is 0 Å². The van der Waals surface area contributed by atoms with Gasteiger partial charge in [-0.25, -0.2) is 15.0 Å². The second kappa shape index (κ2) is 13.5. The molecule has 0 aromatic carbocycles. The lowest BCUT2D eigenvalue weighted by Gasteiger charge is -2.29. The van der Waals surface area contributed by atoms with Crippen molar-refractivity contribution in [3.63, 3.8) is 0 Å². The Morgan fingerprint density at radius 1 is 1.11 bits per heavy atom. The fourth-order valence-electron chi connectivity index (χ4n) is 3.72. The normalized spacial score (nSPS) is 13.3. The van der Waals surface area contributed by atoms with E-state index >= 15 is 0 Å². The zero-order chi connectivity index (χ0) is 24.0. The topological polar surface area (TPSA) is 106 Å². The molecule has 1 amide bonds. The molecular formula is C24H25Cl2N7O2S2. The summed E-state index contributed by atoms with van der Waals surface area (Å²) in [4.78, 5) is 32.2. The van der Waals surface area contributed by atoms with E-state index in [0.29, 0.717) is 22.4 Å². The molecule has 0 aliphatic carbocycles. The molecular weight excluding hydrogens is 553 g/mol. The van der Waals surface area contributed by atoms with Crippen molar-refractivity contribution in [1.82, 2.24) is 29.2 Å². The second-order valence-corrected chi connectivity index (χ2v) is 9.79. The number of amides is 1. The predicted molar refractivity (Wildman–Crippen MR) is 149 cm³/mol. The molecule has 0 spiro atoms. The zero-order valence-corrected chi connectivity index (χ0v) is 23.1. The van der Waals surface area contributed by atoms with Crippen LogP contribution in [0.2, 0.25) is 0 Å². The van der Waals surface area contributed by atoms with Crippen molar-refractivity contribution in [3.8, 4) is 11.5 Å². The number of carbonyl (C=O) groups excluding carboxylic acids is 1. The van der Waals surface area contributed by atoms with E-state index in [2.05, 4.69) is 24.6 Å². The van der Waals surface area contributed by atoms with Crippen molar-refractivity contribution in [2.24, 2.45) is 0 Å². The predicted octanol–water partition coefficient (Wildman–Crippen LogP) is 5.98. The summed E-state index contributed by atoms with van der Waals surface area (Å²) in [6.07, 6.45) is 8.61. The average molecular weight is 579 g/mol. The van der Waals surface area contributed by atoms with Crippen LogP contribution in [0.4, 0.5) is 10.9 Å². The summed E-state index contributed by atoms with van der Waals surface area (Å²) in [6.45, 7) is 3.09. The van der Waals surface area contributed by atoms with Gasteiger partial charge in [-0.15, -0.1) is 24.8 Å². The van der Waals surface area contributed by atoms with E-state index in [1.54, 1.807) is 31.7 Å².